The van der Waals surface area contributed by atoms with E-state index in [1.54, 1.807) is 12.1 Å². The summed E-state index contributed by atoms with van der Waals surface area (Å²) < 4.78 is 5.69. The van der Waals surface area contributed by atoms with Crippen molar-refractivity contribution in [2.45, 2.75) is 40.5 Å². The summed E-state index contributed by atoms with van der Waals surface area (Å²) in [5, 5.41) is 3.30. The van der Waals surface area contributed by atoms with Gasteiger partial charge in [0.2, 0.25) is 0 Å². The van der Waals surface area contributed by atoms with Gasteiger partial charge in [0.05, 0.1) is 5.39 Å². The van der Waals surface area contributed by atoms with Gasteiger partial charge in [0.15, 0.2) is 11.2 Å². The second-order valence-electron chi connectivity index (χ2n) is 7.09. The molecule has 0 radical (unpaired) electrons. The average Bonchev–Trinajstić information content (AvgIpc) is 2.56. The second kappa shape index (κ2) is 6.79. The molecule has 0 fully saturated rings. The molecule has 0 atom stereocenters. The highest BCUT2D eigenvalue weighted by Crippen LogP contribution is 2.23. The maximum atomic E-state index is 12.5. The topological polar surface area (TPSA) is 59.3 Å². The Hall–Kier alpha value is -2.88. The van der Waals surface area contributed by atoms with Crippen LogP contribution in [0.25, 0.3) is 11.0 Å². The van der Waals surface area contributed by atoms with Gasteiger partial charge in [-0.1, -0.05) is 19.9 Å². The molecule has 4 heteroatoms. The average molecular weight is 349 g/mol. The molecule has 0 aliphatic heterocycles. The van der Waals surface area contributed by atoms with E-state index in [1.165, 1.54) is 11.6 Å². The molecule has 1 N–H and O–H groups in total. The fraction of sp³-hybridized carbons (Fsp3) is 0.273. The van der Waals surface area contributed by atoms with Crippen molar-refractivity contribution in [2.75, 3.05) is 5.32 Å². The molecular weight excluding hydrogens is 326 g/mol. The molecule has 134 valence electrons. The zero-order chi connectivity index (χ0) is 19.0. The van der Waals surface area contributed by atoms with Gasteiger partial charge < -0.3 is 9.73 Å². The number of fused-ring (bicyclic) bond motifs is 1. The highest BCUT2D eigenvalue weighted by atomic mass is 16.3. The van der Waals surface area contributed by atoms with Crippen LogP contribution in [-0.2, 0) is 0 Å². The minimum absolute atomic E-state index is 0.0105. The zero-order valence-corrected chi connectivity index (χ0v) is 15.8. The van der Waals surface area contributed by atoms with Gasteiger partial charge in [-0.2, -0.15) is 0 Å². The Labute approximate surface area is 152 Å². The second-order valence-corrected chi connectivity index (χ2v) is 7.09. The van der Waals surface area contributed by atoms with E-state index in [4.69, 9.17) is 4.42 Å². The number of aryl methyl sites for hydroxylation is 3. The predicted octanol–water partition coefficient (Wildman–Crippen LogP) is 5.09. The third kappa shape index (κ3) is 3.40. The van der Waals surface area contributed by atoms with Crippen LogP contribution >= 0.6 is 0 Å². The Bertz CT molecular complexity index is 1060. The molecule has 0 aliphatic rings. The molecule has 0 saturated heterocycles. The number of carbonyl (C=O) groups is 1. The lowest BCUT2D eigenvalue weighted by Gasteiger charge is -2.12. The van der Waals surface area contributed by atoms with Gasteiger partial charge in [-0.05, 0) is 73.2 Å². The van der Waals surface area contributed by atoms with Gasteiger partial charge in [-0.25, -0.2) is 0 Å². The van der Waals surface area contributed by atoms with E-state index in [1.807, 2.05) is 39.0 Å². The number of hydrogen-bond acceptors (Lipinski definition) is 3. The number of rotatable bonds is 3. The number of amides is 1. The zero-order valence-electron chi connectivity index (χ0n) is 15.8. The van der Waals surface area contributed by atoms with Crippen LogP contribution in [0, 0.1) is 20.8 Å². The number of benzene rings is 2. The van der Waals surface area contributed by atoms with Crippen LogP contribution in [-0.4, -0.2) is 5.91 Å². The normalized spacial score (nSPS) is 11.2. The van der Waals surface area contributed by atoms with Gasteiger partial charge in [0.1, 0.15) is 5.58 Å². The van der Waals surface area contributed by atoms with Gasteiger partial charge >= 0.3 is 0 Å². The Morgan fingerprint density at radius 3 is 2.31 bits per heavy atom. The summed E-state index contributed by atoms with van der Waals surface area (Å²) >= 11 is 0. The van der Waals surface area contributed by atoms with Crippen molar-refractivity contribution in [1.29, 1.82) is 0 Å². The summed E-state index contributed by atoms with van der Waals surface area (Å²) in [6.07, 6.45) is 0. The van der Waals surface area contributed by atoms with E-state index in [0.717, 1.165) is 16.7 Å². The van der Waals surface area contributed by atoms with Crippen molar-refractivity contribution in [3.63, 3.8) is 0 Å². The summed E-state index contributed by atoms with van der Waals surface area (Å²) in [6, 6.07) is 10.7. The third-order valence-electron chi connectivity index (χ3n) is 4.72. The number of hydrogen-bond donors (Lipinski definition) is 1. The monoisotopic (exact) mass is 349 g/mol. The molecule has 0 bridgehead atoms. The largest absolute Gasteiger partial charge is 0.451 e. The first kappa shape index (κ1) is 17.9. The number of nitrogens with one attached hydrogen (secondary N) is 1. The molecule has 3 aromatic rings. The van der Waals surface area contributed by atoms with Crippen LogP contribution in [0.2, 0.25) is 0 Å². The SMILES string of the molecule is Cc1cc2oc(C(=O)Nc3ccc(C(C)C)c(C)c3)cc(=O)c2cc1C. The molecule has 0 unspecified atom stereocenters. The lowest BCUT2D eigenvalue weighted by molar-refractivity contribution is 0.0997. The molecule has 4 nitrogen and oxygen atoms in total. The van der Waals surface area contributed by atoms with Crippen molar-refractivity contribution in [2.24, 2.45) is 0 Å². The Morgan fingerprint density at radius 1 is 0.962 bits per heavy atom. The smallest absolute Gasteiger partial charge is 0.291 e. The first-order valence-electron chi connectivity index (χ1n) is 8.73. The fourth-order valence-corrected chi connectivity index (χ4v) is 3.12. The van der Waals surface area contributed by atoms with Crippen molar-refractivity contribution >= 4 is 22.6 Å². The van der Waals surface area contributed by atoms with Crippen molar-refractivity contribution < 1.29 is 9.21 Å². The number of carbonyl (C=O) groups excluding carboxylic acids is 1. The standard InChI is InChI=1S/C22H23NO3/c1-12(2)17-7-6-16(8-15(17)5)23-22(25)21-11-19(24)18-9-13(3)14(4)10-20(18)26-21/h6-12H,1-5H3,(H,23,25). The van der Waals surface area contributed by atoms with Gasteiger partial charge in [0.25, 0.3) is 5.91 Å². The predicted molar refractivity (Wildman–Crippen MR) is 105 cm³/mol. The Kier molecular flexibility index (Phi) is 4.68. The minimum Gasteiger partial charge on any atom is -0.451 e. The lowest BCUT2D eigenvalue weighted by atomic mass is 9.98. The van der Waals surface area contributed by atoms with E-state index in [-0.39, 0.29) is 11.2 Å². The van der Waals surface area contributed by atoms with Gasteiger partial charge in [-0.15, -0.1) is 0 Å². The first-order chi connectivity index (χ1) is 12.3. The molecule has 1 heterocycles. The molecule has 26 heavy (non-hydrogen) atoms. The van der Waals surface area contributed by atoms with Crippen LogP contribution < -0.4 is 10.7 Å². The summed E-state index contributed by atoms with van der Waals surface area (Å²) in [4.78, 5) is 24.9. The summed E-state index contributed by atoms with van der Waals surface area (Å²) in [6.45, 7) is 10.2. The highest BCUT2D eigenvalue weighted by Gasteiger charge is 2.14. The Balaban J connectivity index is 1.94. The van der Waals surface area contributed by atoms with E-state index < -0.39 is 5.91 Å². The van der Waals surface area contributed by atoms with Crippen molar-refractivity contribution in [3.05, 3.63) is 74.6 Å². The molecule has 0 saturated carbocycles. The molecule has 2 aromatic carbocycles. The lowest BCUT2D eigenvalue weighted by Crippen LogP contribution is -2.15. The van der Waals surface area contributed by atoms with Crippen molar-refractivity contribution in [1.82, 2.24) is 0 Å². The van der Waals surface area contributed by atoms with Crippen LogP contribution in [0.15, 0.2) is 45.6 Å². The minimum atomic E-state index is -0.432. The van der Waals surface area contributed by atoms with Crippen LogP contribution in [0.4, 0.5) is 5.69 Å². The molecule has 1 amide bonds. The van der Waals surface area contributed by atoms with Crippen LogP contribution in [0.3, 0.4) is 0 Å². The van der Waals surface area contributed by atoms with E-state index >= 15 is 0 Å². The fourth-order valence-electron chi connectivity index (χ4n) is 3.12. The summed E-state index contributed by atoms with van der Waals surface area (Å²) in [7, 11) is 0. The molecular formula is C22H23NO3. The van der Waals surface area contributed by atoms with E-state index in [2.05, 4.69) is 19.2 Å². The molecule has 0 spiro atoms. The Morgan fingerprint density at radius 2 is 1.65 bits per heavy atom. The summed E-state index contributed by atoms with van der Waals surface area (Å²) in [5.74, 6) is 0.000208. The maximum Gasteiger partial charge on any atom is 0.291 e. The molecule has 1 aromatic heterocycles. The van der Waals surface area contributed by atoms with Gasteiger partial charge in [-0.3, -0.25) is 9.59 Å². The first-order valence-corrected chi connectivity index (χ1v) is 8.73. The quantitative estimate of drug-likeness (QED) is 0.716. The van der Waals surface area contributed by atoms with Gasteiger partial charge in [0, 0.05) is 11.8 Å². The van der Waals surface area contributed by atoms with Crippen molar-refractivity contribution in [3.8, 4) is 0 Å². The summed E-state index contributed by atoms with van der Waals surface area (Å²) in [5.41, 5.74) is 5.28. The van der Waals surface area contributed by atoms with E-state index in [9.17, 15) is 9.59 Å². The molecule has 3 rings (SSSR count). The third-order valence-corrected chi connectivity index (χ3v) is 4.72. The van der Waals surface area contributed by atoms with E-state index in [0.29, 0.717) is 22.6 Å². The highest BCUT2D eigenvalue weighted by molar-refractivity contribution is 6.03. The molecule has 0 aliphatic carbocycles. The van der Waals surface area contributed by atoms with Crippen LogP contribution in [0.1, 0.15) is 52.6 Å². The van der Waals surface area contributed by atoms with Crippen LogP contribution in [0.5, 0.6) is 0 Å². The number of anilines is 1. The maximum absolute atomic E-state index is 12.5.